The van der Waals surface area contributed by atoms with Crippen LogP contribution in [0.25, 0.3) is 0 Å². The smallest absolute Gasteiger partial charge is 0.0323 e. The predicted octanol–water partition coefficient (Wildman–Crippen LogP) is 3.04. The second kappa shape index (κ2) is 2.24. The van der Waals surface area contributed by atoms with Crippen molar-refractivity contribution in [1.29, 1.82) is 0 Å². The molecule has 4 unspecified atom stereocenters. The SMILES string of the molecule is [CH]1CCCC2C3CCC(C3)C12. The molecule has 3 fully saturated rings. The van der Waals surface area contributed by atoms with E-state index in [4.69, 9.17) is 0 Å². The highest BCUT2D eigenvalue weighted by molar-refractivity contribution is 5.03. The van der Waals surface area contributed by atoms with Gasteiger partial charge in [0.25, 0.3) is 0 Å². The normalized spacial score (nSPS) is 54.5. The van der Waals surface area contributed by atoms with Crippen LogP contribution in [0.4, 0.5) is 0 Å². The molecule has 0 heteroatoms. The highest BCUT2D eigenvalue weighted by atomic mass is 14.5. The molecule has 0 spiro atoms. The van der Waals surface area contributed by atoms with Gasteiger partial charge in [0.15, 0.2) is 0 Å². The fourth-order valence-electron chi connectivity index (χ4n) is 3.91. The number of rotatable bonds is 0. The minimum Gasteiger partial charge on any atom is -0.0527 e. The minimum atomic E-state index is 1.07. The molecule has 3 aliphatic carbocycles. The Morgan fingerprint density at radius 2 is 1.91 bits per heavy atom. The third kappa shape index (κ3) is 0.816. The van der Waals surface area contributed by atoms with Crippen molar-refractivity contribution in [3.05, 3.63) is 6.42 Å². The molecule has 0 aliphatic heterocycles. The van der Waals surface area contributed by atoms with E-state index in [-0.39, 0.29) is 0 Å². The Labute approximate surface area is 69.4 Å². The van der Waals surface area contributed by atoms with E-state index in [1.807, 2.05) is 0 Å². The standard InChI is InChI=1S/C11H17/c1-2-4-11-9-6-5-8(7-9)10(11)3-1/h3,8-11H,1-2,4-7H2. The summed E-state index contributed by atoms with van der Waals surface area (Å²) in [5.74, 6) is 4.50. The zero-order valence-electron chi connectivity index (χ0n) is 7.13. The topological polar surface area (TPSA) is 0 Å². The number of fused-ring (bicyclic) bond motifs is 5. The maximum atomic E-state index is 2.65. The summed E-state index contributed by atoms with van der Waals surface area (Å²) in [5.41, 5.74) is 0. The van der Waals surface area contributed by atoms with Crippen LogP contribution in [-0.4, -0.2) is 0 Å². The lowest BCUT2D eigenvalue weighted by molar-refractivity contribution is 0.204. The summed E-state index contributed by atoms with van der Waals surface area (Å²) < 4.78 is 0. The molecule has 0 saturated heterocycles. The summed E-state index contributed by atoms with van der Waals surface area (Å²) in [5, 5.41) is 0. The maximum Gasteiger partial charge on any atom is -0.0323 e. The molecule has 0 aromatic carbocycles. The lowest BCUT2D eigenvalue weighted by Crippen LogP contribution is -2.25. The van der Waals surface area contributed by atoms with Crippen LogP contribution in [0.1, 0.15) is 38.5 Å². The van der Waals surface area contributed by atoms with Crippen molar-refractivity contribution in [2.75, 3.05) is 0 Å². The lowest BCUT2D eigenvalue weighted by Gasteiger charge is -2.34. The minimum absolute atomic E-state index is 1.07. The van der Waals surface area contributed by atoms with Gasteiger partial charge in [-0.1, -0.05) is 6.42 Å². The van der Waals surface area contributed by atoms with Gasteiger partial charge in [0.1, 0.15) is 0 Å². The van der Waals surface area contributed by atoms with Gasteiger partial charge in [0.2, 0.25) is 0 Å². The van der Waals surface area contributed by atoms with Gasteiger partial charge in [-0.2, -0.15) is 0 Å². The summed E-state index contributed by atoms with van der Waals surface area (Å²) in [6.07, 6.45) is 11.8. The van der Waals surface area contributed by atoms with Crippen molar-refractivity contribution >= 4 is 0 Å². The second-order valence-electron chi connectivity index (χ2n) is 4.74. The Morgan fingerprint density at radius 1 is 1.00 bits per heavy atom. The summed E-state index contributed by atoms with van der Waals surface area (Å²) in [6.45, 7) is 0. The van der Waals surface area contributed by atoms with Crippen LogP contribution in [0.5, 0.6) is 0 Å². The van der Waals surface area contributed by atoms with E-state index in [2.05, 4.69) is 6.42 Å². The third-order valence-electron chi connectivity index (χ3n) is 4.34. The van der Waals surface area contributed by atoms with Gasteiger partial charge < -0.3 is 0 Å². The first-order valence-electron chi connectivity index (χ1n) is 5.28. The molecule has 0 aromatic heterocycles. The van der Waals surface area contributed by atoms with Crippen molar-refractivity contribution < 1.29 is 0 Å². The largest absolute Gasteiger partial charge is 0.0527 e. The van der Waals surface area contributed by atoms with Crippen molar-refractivity contribution in [2.24, 2.45) is 23.7 Å². The highest BCUT2D eigenvalue weighted by Crippen LogP contribution is 2.56. The summed E-state index contributed by atoms with van der Waals surface area (Å²) >= 11 is 0. The Bertz CT molecular complexity index is 143. The first-order chi connectivity index (χ1) is 5.45. The molecule has 11 heavy (non-hydrogen) atoms. The van der Waals surface area contributed by atoms with Crippen molar-refractivity contribution in [1.82, 2.24) is 0 Å². The van der Waals surface area contributed by atoms with E-state index in [1.165, 1.54) is 12.8 Å². The molecular weight excluding hydrogens is 132 g/mol. The predicted molar refractivity (Wildman–Crippen MR) is 46.0 cm³/mol. The van der Waals surface area contributed by atoms with Gasteiger partial charge in [0, 0.05) is 0 Å². The first-order valence-corrected chi connectivity index (χ1v) is 5.28. The van der Waals surface area contributed by atoms with Crippen LogP contribution in [-0.2, 0) is 0 Å². The van der Waals surface area contributed by atoms with E-state index in [0.29, 0.717) is 0 Å². The lowest BCUT2D eigenvalue weighted by atomic mass is 9.71. The quantitative estimate of drug-likeness (QED) is 0.496. The maximum absolute atomic E-state index is 2.65. The van der Waals surface area contributed by atoms with Gasteiger partial charge in [-0.05, 0) is 62.2 Å². The molecule has 0 N–H and O–H groups in total. The molecular formula is C11H17. The van der Waals surface area contributed by atoms with Crippen LogP contribution in [0.15, 0.2) is 0 Å². The summed E-state index contributed by atoms with van der Waals surface area (Å²) in [7, 11) is 0. The van der Waals surface area contributed by atoms with Crippen LogP contribution < -0.4 is 0 Å². The third-order valence-corrected chi connectivity index (χ3v) is 4.34. The van der Waals surface area contributed by atoms with Crippen molar-refractivity contribution in [3.8, 4) is 0 Å². The Balaban J connectivity index is 1.84. The average molecular weight is 149 g/mol. The Morgan fingerprint density at radius 3 is 2.82 bits per heavy atom. The number of hydrogen-bond acceptors (Lipinski definition) is 0. The van der Waals surface area contributed by atoms with Gasteiger partial charge in [-0.25, -0.2) is 0 Å². The van der Waals surface area contributed by atoms with Gasteiger partial charge in [-0.15, -0.1) is 0 Å². The van der Waals surface area contributed by atoms with E-state index >= 15 is 0 Å². The fraction of sp³-hybridized carbons (Fsp3) is 0.909. The van der Waals surface area contributed by atoms with Crippen LogP contribution in [0.2, 0.25) is 0 Å². The molecule has 0 heterocycles. The average Bonchev–Trinajstić information content (AvgIpc) is 2.64. The Hall–Kier alpha value is 0. The van der Waals surface area contributed by atoms with Gasteiger partial charge in [0.05, 0.1) is 0 Å². The molecule has 3 rings (SSSR count). The van der Waals surface area contributed by atoms with E-state index < -0.39 is 0 Å². The molecule has 4 atom stereocenters. The summed E-state index contributed by atoms with van der Waals surface area (Å²) in [4.78, 5) is 0. The van der Waals surface area contributed by atoms with Gasteiger partial charge >= 0.3 is 0 Å². The molecule has 1 radical (unpaired) electrons. The van der Waals surface area contributed by atoms with E-state index in [9.17, 15) is 0 Å². The number of hydrogen-bond donors (Lipinski definition) is 0. The van der Waals surface area contributed by atoms with Crippen LogP contribution >= 0.6 is 0 Å². The highest BCUT2D eigenvalue weighted by Gasteiger charge is 2.47. The van der Waals surface area contributed by atoms with Gasteiger partial charge in [-0.3, -0.25) is 0 Å². The molecule has 0 nitrogen and oxygen atoms in total. The zero-order valence-corrected chi connectivity index (χ0v) is 7.13. The molecule has 0 amide bonds. The molecule has 2 bridgehead atoms. The van der Waals surface area contributed by atoms with Crippen molar-refractivity contribution in [2.45, 2.75) is 38.5 Å². The monoisotopic (exact) mass is 149 g/mol. The molecule has 0 aromatic rings. The molecule has 3 aliphatic rings. The van der Waals surface area contributed by atoms with Crippen molar-refractivity contribution in [3.63, 3.8) is 0 Å². The zero-order chi connectivity index (χ0) is 7.26. The molecule has 3 saturated carbocycles. The first kappa shape index (κ1) is 6.51. The fourth-order valence-corrected chi connectivity index (χ4v) is 3.91. The molecule has 61 valence electrons. The van der Waals surface area contributed by atoms with Crippen LogP contribution in [0, 0.1) is 30.1 Å². The Kier molecular flexibility index (Phi) is 1.33. The van der Waals surface area contributed by atoms with E-state index in [0.717, 1.165) is 23.7 Å². The van der Waals surface area contributed by atoms with E-state index in [1.54, 1.807) is 25.7 Å². The second-order valence-corrected chi connectivity index (χ2v) is 4.74. The summed E-state index contributed by atoms with van der Waals surface area (Å²) in [6, 6.07) is 0. The van der Waals surface area contributed by atoms with Crippen LogP contribution in [0.3, 0.4) is 0 Å².